The van der Waals surface area contributed by atoms with Gasteiger partial charge in [-0.3, -0.25) is 4.79 Å². The summed E-state index contributed by atoms with van der Waals surface area (Å²) in [7, 11) is 0. The Morgan fingerprint density at radius 3 is 2.60 bits per heavy atom. The maximum absolute atomic E-state index is 12.1. The van der Waals surface area contributed by atoms with Crippen LogP contribution in [0.5, 0.6) is 0 Å². The molecule has 0 saturated carbocycles. The van der Waals surface area contributed by atoms with Crippen LogP contribution in [0.15, 0.2) is 48.5 Å². The highest BCUT2D eigenvalue weighted by Crippen LogP contribution is 2.30. The van der Waals surface area contributed by atoms with E-state index in [0.29, 0.717) is 6.54 Å². The van der Waals surface area contributed by atoms with Crippen molar-refractivity contribution in [1.82, 2.24) is 10.6 Å². The van der Waals surface area contributed by atoms with E-state index in [2.05, 4.69) is 28.1 Å². The number of carbonyl (C=O) groups excluding carboxylic acids is 2. The van der Waals surface area contributed by atoms with Crippen molar-refractivity contribution in [2.24, 2.45) is 0 Å². The topological polar surface area (TPSA) is 70.2 Å². The van der Waals surface area contributed by atoms with Gasteiger partial charge in [0.1, 0.15) is 0 Å². The van der Waals surface area contributed by atoms with E-state index in [4.69, 9.17) is 0 Å². The van der Waals surface area contributed by atoms with Crippen molar-refractivity contribution in [3.8, 4) is 0 Å². The molecule has 0 radical (unpaired) electrons. The van der Waals surface area contributed by atoms with Crippen LogP contribution in [-0.2, 0) is 17.6 Å². The molecule has 3 N–H and O–H groups in total. The molecule has 3 amide bonds. The summed E-state index contributed by atoms with van der Waals surface area (Å²) >= 11 is 0. The Labute approximate surface area is 147 Å². The number of aryl methyl sites for hydroxylation is 1. The fraction of sp³-hybridized carbons (Fsp3) is 0.300. The predicted octanol–water partition coefficient (Wildman–Crippen LogP) is 3.17. The average Bonchev–Trinajstić information content (AvgIpc) is 2.99. The lowest BCUT2D eigenvalue weighted by Gasteiger charge is -2.15. The quantitative estimate of drug-likeness (QED) is 0.784. The molecule has 0 heterocycles. The molecule has 130 valence electrons. The van der Waals surface area contributed by atoms with Crippen LogP contribution in [0, 0.1) is 0 Å². The first-order chi connectivity index (χ1) is 12.1. The van der Waals surface area contributed by atoms with Crippen LogP contribution < -0.4 is 16.0 Å². The van der Waals surface area contributed by atoms with Crippen LogP contribution in [0.4, 0.5) is 10.5 Å². The molecule has 0 saturated heterocycles. The minimum Gasteiger partial charge on any atom is -0.338 e. The van der Waals surface area contributed by atoms with Gasteiger partial charge in [0.05, 0.1) is 6.04 Å². The van der Waals surface area contributed by atoms with E-state index in [1.807, 2.05) is 36.4 Å². The van der Waals surface area contributed by atoms with Gasteiger partial charge in [-0.05, 0) is 48.1 Å². The van der Waals surface area contributed by atoms with Gasteiger partial charge in [-0.2, -0.15) is 0 Å². The van der Waals surface area contributed by atoms with E-state index in [1.54, 1.807) is 0 Å². The lowest BCUT2D eigenvalue weighted by Crippen LogP contribution is -2.38. The molecular formula is C20H23N3O2. The molecule has 5 nitrogen and oxygen atoms in total. The Kier molecular flexibility index (Phi) is 5.33. The SMILES string of the molecule is CC(=O)Nc1ccc(CCNC(=O)NC2CCc3ccccc32)cc1. The molecule has 3 rings (SSSR count). The number of benzene rings is 2. The summed E-state index contributed by atoms with van der Waals surface area (Å²) in [6.45, 7) is 2.05. The predicted molar refractivity (Wildman–Crippen MR) is 98.5 cm³/mol. The lowest BCUT2D eigenvalue weighted by molar-refractivity contribution is -0.114. The highest BCUT2D eigenvalue weighted by molar-refractivity contribution is 5.88. The normalized spacial score (nSPS) is 15.3. The average molecular weight is 337 g/mol. The molecule has 0 aromatic heterocycles. The molecule has 1 unspecified atom stereocenters. The first-order valence-corrected chi connectivity index (χ1v) is 8.60. The number of anilines is 1. The molecular weight excluding hydrogens is 314 g/mol. The standard InChI is InChI=1S/C20H23N3O2/c1-14(24)22-17-9-6-15(7-10-17)12-13-21-20(25)23-19-11-8-16-4-2-3-5-18(16)19/h2-7,9-10,19H,8,11-13H2,1H3,(H,22,24)(H2,21,23,25). The lowest BCUT2D eigenvalue weighted by atomic mass is 10.1. The number of urea groups is 1. The molecule has 5 heteroatoms. The Balaban J connectivity index is 1.43. The molecule has 0 fully saturated rings. The molecule has 1 atom stereocenters. The number of hydrogen-bond donors (Lipinski definition) is 3. The van der Waals surface area contributed by atoms with E-state index in [-0.39, 0.29) is 18.0 Å². The van der Waals surface area contributed by atoms with E-state index in [1.165, 1.54) is 18.1 Å². The van der Waals surface area contributed by atoms with Crippen LogP contribution >= 0.6 is 0 Å². The van der Waals surface area contributed by atoms with Crippen LogP contribution in [0.2, 0.25) is 0 Å². The smallest absolute Gasteiger partial charge is 0.315 e. The molecule has 1 aliphatic carbocycles. The van der Waals surface area contributed by atoms with E-state index in [9.17, 15) is 9.59 Å². The summed E-state index contributed by atoms with van der Waals surface area (Å²) in [6, 6.07) is 15.9. The van der Waals surface area contributed by atoms with Crippen molar-refractivity contribution in [3.05, 3.63) is 65.2 Å². The number of carbonyl (C=O) groups is 2. The van der Waals surface area contributed by atoms with Crippen LogP contribution in [0.25, 0.3) is 0 Å². The maximum Gasteiger partial charge on any atom is 0.315 e. The van der Waals surface area contributed by atoms with Gasteiger partial charge in [0.15, 0.2) is 0 Å². The summed E-state index contributed by atoms with van der Waals surface area (Å²) in [5, 5.41) is 8.71. The van der Waals surface area contributed by atoms with Crippen LogP contribution in [0.3, 0.4) is 0 Å². The number of hydrogen-bond acceptors (Lipinski definition) is 2. The van der Waals surface area contributed by atoms with E-state index < -0.39 is 0 Å². The zero-order chi connectivity index (χ0) is 17.6. The second-order valence-corrected chi connectivity index (χ2v) is 6.32. The fourth-order valence-corrected chi connectivity index (χ4v) is 3.19. The molecule has 0 bridgehead atoms. The fourth-order valence-electron chi connectivity index (χ4n) is 3.19. The Hall–Kier alpha value is -2.82. The highest BCUT2D eigenvalue weighted by atomic mass is 16.2. The van der Waals surface area contributed by atoms with Gasteiger partial charge >= 0.3 is 6.03 Å². The molecule has 0 aliphatic heterocycles. The third-order valence-electron chi connectivity index (χ3n) is 4.41. The Bertz CT molecular complexity index is 756. The van der Waals surface area contributed by atoms with Gasteiger partial charge in [-0.1, -0.05) is 36.4 Å². The van der Waals surface area contributed by atoms with Crippen LogP contribution in [0.1, 0.15) is 36.1 Å². The molecule has 1 aliphatic rings. The van der Waals surface area contributed by atoms with Crippen LogP contribution in [-0.4, -0.2) is 18.5 Å². The van der Waals surface area contributed by atoms with Gasteiger partial charge in [-0.25, -0.2) is 4.79 Å². The van der Waals surface area contributed by atoms with Crippen molar-refractivity contribution in [2.45, 2.75) is 32.2 Å². The molecule has 2 aromatic rings. The van der Waals surface area contributed by atoms with Gasteiger partial charge in [0.25, 0.3) is 0 Å². The number of nitrogens with one attached hydrogen (secondary N) is 3. The minimum atomic E-state index is -0.128. The summed E-state index contributed by atoms with van der Waals surface area (Å²) in [4.78, 5) is 23.1. The summed E-state index contributed by atoms with van der Waals surface area (Å²) in [5.74, 6) is -0.0837. The zero-order valence-electron chi connectivity index (χ0n) is 14.3. The number of rotatable bonds is 5. The van der Waals surface area contributed by atoms with Crippen molar-refractivity contribution in [2.75, 3.05) is 11.9 Å². The first-order valence-electron chi connectivity index (χ1n) is 8.60. The second kappa shape index (κ2) is 7.83. The van der Waals surface area contributed by atoms with Gasteiger partial charge < -0.3 is 16.0 Å². The second-order valence-electron chi connectivity index (χ2n) is 6.32. The zero-order valence-corrected chi connectivity index (χ0v) is 14.3. The molecule has 2 aromatic carbocycles. The molecule has 0 spiro atoms. The van der Waals surface area contributed by atoms with E-state index >= 15 is 0 Å². The van der Waals surface area contributed by atoms with Crippen molar-refractivity contribution in [1.29, 1.82) is 0 Å². The third kappa shape index (κ3) is 4.59. The summed E-state index contributed by atoms with van der Waals surface area (Å²) in [6.07, 6.45) is 2.72. The minimum absolute atomic E-state index is 0.0837. The largest absolute Gasteiger partial charge is 0.338 e. The van der Waals surface area contributed by atoms with E-state index in [0.717, 1.165) is 30.5 Å². The van der Waals surface area contributed by atoms with Gasteiger partial charge in [0, 0.05) is 19.2 Å². The molecule has 25 heavy (non-hydrogen) atoms. The van der Waals surface area contributed by atoms with Gasteiger partial charge in [0.2, 0.25) is 5.91 Å². The first kappa shape index (κ1) is 17.0. The maximum atomic E-state index is 12.1. The third-order valence-corrected chi connectivity index (χ3v) is 4.41. The highest BCUT2D eigenvalue weighted by Gasteiger charge is 2.22. The Morgan fingerprint density at radius 1 is 1.08 bits per heavy atom. The summed E-state index contributed by atoms with van der Waals surface area (Å²) < 4.78 is 0. The van der Waals surface area contributed by atoms with Crippen molar-refractivity contribution < 1.29 is 9.59 Å². The number of amides is 3. The monoisotopic (exact) mass is 337 g/mol. The summed E-state index contributed by atoms with van der Waals surface area (Å²) in [5.41, 5.74) is 4.45. The van der Waals surface area contributed by atoms with Crippen molar-refractivity contribution in [3.63, 3.8) is 0 Å². The van der Waals surface area contributed by atoms with Gasteiger partial charge in [-0.15, -0.1) is 0 Å². The Morgan fingerprint density at radius 2 is 1.84 bits per heavy atom. The van der Waals surface area contributed by atoms with Crippen molar-refractivity contribution >= 4 is 17.6 Å². The number of fused-ring (bicyclic) bond motifs is 1.